The molecule has 5 heterocycles. The Morgan fingerprint density at radius 2 is 2.03 bits per heavy atom. The normalized spacial score (nSPS) is 14.8. The molecule has 0 unspecified atom stereocenters. The van der Waals surface area contributed by atoms with Crippen molar-refractivity contribution in [1.29, 1.82) is 5.26 Å². The van der Waals surface area contributed by atoms with E-state index in [9.17, 15) is 5.26 Å². The molecule has 0 aliphatic carbocycles. The second kappa shape index (κ2) is 7.94. The molecule has 1 aliphatic rings. The van der Waals surface area contributed by atoms with E-state index < -0.39 is 0 Å². The number of aromatic nitrogens is 5. The molecule has 1 N–H and O–H groups in total. The van der Waals surface area contributed by atoms with Crippen molar-refractivity contribution in [3.63, 3.8) is 0 Å². The highest BCUT2D eigenvalue weighted by atomic mass is 32.2. The smallest absolute Gasteiger partial charge is 0.104 e. The van der Waals surface area contributed by atoms with Gasteiger partial charge in [-0.25, -0.2) is 9.50 Å². The fraction of sp³-hybridized carbons (Fsp3) is 0.273. The summed E-state index contributed by atoms with van der Waals surface area (Å²) in [7, 11) is 0. The van der Waals surface area contributed by atoms with E-state index in [0.29, 0.717) is 11.6 Å². The van der Waals surface area contributed by atoms with Crippen LogP contribution in [0.3, 0.4) is 0 Å². The minimum atomic E-state index is 0.434. The summed E-state index contributed by atoms with van der Waals surface area (Å²) in [5.74, 6) is 0. The van der Waals surface area contributed by atoms with E-state index in [1.165, 1.54) is 0 Å². The summed E-state index contributed by atoms with van der Waals surface area (Å²) >= 11 is 1.56. The van der Waals surface area contributed by atoms with Gasteiger partial charge in [0.15, 0.2) is 0 Å². The highest BCUT2D eigenvalue weighted by Gasteiger charge is 2.18. The molecule has 5 rings (SSSR count). The fourth-order valence-corrected chi connectivity index (χ4v) is 4.88. The lowest BCUT2D eigenvalue weighted by Crippen LogP contribution is -2.29. The van der Waals surface area contributed by atoms with Crippen LogP contribution in [0.15, 0.2) is 59.1 Å². The summed E-state index contributed by atoms with van der Waals surface area (Å²) in [6, 6.07) is 8.78. The maximum Gasteiger partial charge on any atom is 0.104 e. The van der Waals surface area contributed by atoms with Crippen LogP contribution in [0.2, 0.25) is 0 Å². The van der Waals surface area contributed by atoms with E-state index in [1.54, 1.807) is 28.7 Å². The van der Waals surface area contributed by atoms with E-state index in [0.717, 1.165) is 58.1 Å². The Kier molecular flexibility index (Phi) is 4.99. The summed E-state index contributed by atoms with van der Waals surface area (Å²) in [5, 5.41) is 22.9. The van der Waals surface area contributed by atoms with Crippen LogP contribution in [0.25, 0.3) is 16.6 Å². The maximum absolute atomic E-state index is 9.56. The average molecular weight is 416 g/mol. The number of fused-ring (bicyclic) bond motifs is 1. The van der Waals surface area contributed by atoms with Crippen molar-refractivity contribution in [3.05, 3.63) is 60.3 Å². The van der Waals surface area contributed by atoms with E-state index in [-0.39, 0.29) is 0 Å². The zero-order valence-corrected chi connectivity index (χ0v) is 17.4. The monoisotopic (exact) mass is 415 g/mol. The Morgan fingerprint density at radius 1 is 1.17 bits per heavy atom. The standard InChI is InChI=1S/C22H21N7S/c1-15-3-2-6-25-22(15)30-20-9-16(13-29-21(20)17(10-23)11-27-29)18-12-26-28(14-18)19-4-7-24-8-5-19/h2-3,6,9,11-14,19,24H,4-5,7-8H2,1H3. The number of hydrogen-bond donors (Lipinski definition) is 1. The number of nitrogens with zero attached hydrogens (tertiary/aromatic N) is 6. The lowest BCUT2D eigenvalue weighted by atomic mass is 10.1. The summed E-state index contributed by atoms with van der Waals surface area (Å²) in [6.45, 7) is 4.10. The van der Waals surface area contributed by atoms with Gasteiger partial charge in [0.1, 0.15) is 11.1 Å². The van der Waals surface area contributed by atoms with Crippen LogP contribution in [-0.4, -0.2) is 37.5 Å². The van der Waals surface area contributed by atoms with Crippen molar-refractivity contribution in [2.45, 2.75) is 35.7 Å². The largest absolute Gasteiger partial charge is 0.317 e. The summed E-state index contributed by atoms with van der Waals surface area (Å²) in [4.78, 5) is 5.47. The van der Waals surface area contributed by atoms with Gasteiger partial charge in [0.25, 0.3) is 0 Å². The molecule has 0 aromatic carbocycles. The van der Waals surface area contributed by atoms with Gasteiger partial charge in [0.2, 0.25) is 0 Å². The SMILES string of the molecule is Cc1cccnc1Sc1cc(-c2cnn(C3CCNCC3)c2)cn2ncc(C#N)c12. The van der Waals surface area contributed by atoms with Crippen molar-refractivity contribution in [3.8, 4) is 17.2 Å². The lowest BCUT2D eigenvalue weighted by Gasteiger charge is -2.22. The van der Waals surface area contributed by atoms with E-state index in [4.69, 9.17) is 0 Å². The molecule has 0 bridgehead atoms. The number of nitrogens with one attached hydrogen (secondary N) is 1. The van der Waals surface area contributed by atoms with Gasteiger partial charge < -0.3 is 5.32 Å². The molecule has 1 aliphatic heterocycles. The predicted octanol–water partition coefficient (Wildman–Crippen LogP) is 3.85. The third-order valence-corrected chi connectivity index (χ3v) is 6.63. The Bertz CT molecular complexity index is 1240. The minimum absolute atomic E-state index is 0.434. The molecule has 1 saturated heterocycles. The molecular weight excluding hydrogens is 394 g/mol. The van der Waals surface area contributed by atoms with Crippen LogP contribution < -0.4 is 5.32 Å². The Labute approximate surface area is 178 Å². The summed E-state index contributed by atoms with van der Waals surface area (Å²) in [5.41, 5.74) is 4.53. The van der Waals surface area contributed by atoms with Gasteiger partial charge >= 0.3 is 0 Å². The van der Waals surface area contributed by atoms with Gasteiger partial charge in [0, 0.05) is 34.6 Å². The fourth-order valence-electron chi connectivity index (χ4n) is 3.84. The van der Waals surface area contributed by atoms with E-state index in [2.05, 4.69) is 43.5 Å². The van der Waals surface area contributed by atoms with Gasteiger partial charge in [-0.1, -0.05) is 17.8 Å². The zero-order valence-electron chi connectivity index (χ0n) is 16.6. The third-order valence-electron chi connectivity index (χ3n) is 5.48. The molecule has 30 heavy (non-hydrogen) atoms. The molecule has 0 spiro atoms. The molecule has 0 amide bonds. The first-order valence-corrected chi connectivity index (χ1v) is 10.8. The van der Waals surface area contributed by atoms with Gasteiger partial charge in [0.05, 0.1) is 29.5 Å². The number of rotatable bonds is 4. The summed E-state index contributed by atoms with van der Waals surface area (Å²) < 4.78 is 3.87. The number of hydrogen-bond acceptors (Lipinski definition) is 6. The Hall–Kier alpha value is -3.15. The first-order chi connectivity index (χ1) is 14.7. The van der Waals surface area contributed by atoms with Crippen LogP contribution in [0.4, 0.5) is 0 Å². The van der Waals surface area contributed by atoms with Crippen molar-refractivity contribution in [1.82, 2.24) is 29.7 Å². The Balaban J connectivity index is 1.58. The molecule has 4 aromatic heterocycles. The molecular formula is C22H21N7S. The molecule has 0 atom stereocenters. The van der Waals surface area contributed by atoms with Crippen molar-refractivity contribution in [2.75, 3.05) is 13.1 Å². The minimum Gasteiger partial charge on any atom is -0.317 e. The number of piperidine rings is 1. The van der Waals surface area contributed by atoms with Gasteiger partial charge in [-0.05, 0) is 50.6 Å². The molecule has 150 valence electrons. The lowest BCUT2D eigenvalue weighted by molar-refractivity contribution is 0.343. The molecule has 7 nitrogen and oxygen atoms in total. The van der Waals surface area contributed by atoms with Crippen LogP contribution in [-0.2, 0) is 0 Å². The predicted molar refractivity (Wildman–Crippen MR) is 115 cm³/mol. The highest BCUT2D eigenvalue weighted by molar-refractivity contribution is 7.99. The van der Waals surface area contributed by atoms with Crippen LogP contribution in [0, 0.1) is 18.3 Å². The number of aryl methyl sites for hydroxylation is 1. The van der Waals surface area contributed by atoms with E-state index >= 15 is 0 Å². The first-order valence-electron chi connectivity index (χ1n) is 9.99. The molecule has 1 fully saturated rings. The van der Waals surface area contributed by atoms with Crippen LogP contribution >= 0.6 is 11.8 Å². The third kappa shape index (κ3) is 3.47. The molecule has 4 aromatic rings. The van der Waals surface area contributed by atoms with Crippen molar-refractivity contribution >= 4 is 17.3 Å². The van der Waals surface area contributed by atoms with Crippen molar-refractivity contribution in [2.24, 2.45) is 0 Å². The van der Waals surface area contributed by atoms with Gasteiger partial charge in [-0.3, -0.25) is 4.68 Å². The molecule has 0 radical (unpaired) electrons. The maximum atomic E-state index is 9.56. The topological polar surface area (TPSA) is 83.8 Å². The number of nitriles is 1. The van der Waals surface area contributed by atoms with Crippen LogP contribution in [0.5, 0.6) is 0 Å². The quantitative estimate of drug-likeness (QED) is 0.545. The first kappa shape index (κ1) is 18.9. The van der Waals surface area contributed by atoms with Crippen molar-refractivity contribution < 1.29 is 0 Å². The average Bonchev–Trinajstić information content (AvgIpc) is 3.43. The highest BCUT2D eigenvalue weighted by Crippen LogP contribution is 2.36. The molecule has 8 heteroatoms. The van der Waals surface area contributed by atoms with Gasteiger partial charge in [-0.2, -0.15) is 15.5 Å². The second-order valence-corrected chi connectivity index (χ2v) is 8.50. The zero-order chi connectivity index (χ0) is 20.5. The second-order valence-electron chi connectivity index (χ2n) is 7.47. The van der Waals surface area contributed by atoms with Crippen LogP contribution in [0.1, 0.15) is 30.0 Å². The summed E-state index contributed by atoms with van der Waals surface area (Å²) in [6.07, 6.45) is 11.6. The Morgan fingerprint density at radius 3 is 2.83 bits per heavy atom. The van der Waals surface area contributed by atoms with Gasteiger partial charge in [-0.15, -0.1) is 0 Å². The van der Waals surface area contributed by atoms with E-state index in [1.807, 2.05) is 31.5 Å². The molecule has 0 saturated carbocycles. The number of pyridine rings is 2.